The fourth-order valence-electron chi connectivity index (χ4n) is 1.49. The van der Waals surface area contributed by atoms with Crippen LogP contribution in [0.15, 0.2) is 18.3 Å². The van der Waals surface area contributed by atoms with Crippen molar-refractivity contribution in [3.63, 3.8) is 0 Å². The summed E-state index contributed by atoms with van der Waals surface area (Å²) in [5.41, 5.74) is 5.16. The van der Waals surface area contributed by atoms with Gasteiger partial charge in [0.15, 0.2) is 0 Å². The number of H-pyrrole nitrogens is 1. The molecule has 1 aromatic rings. The molecule has 21 heavy (non-hydrogen) atoms. The molecule has 7 nitrogen and oxygen atoms in total. The Hall–Kier alpha value is -2.22. The number of nitrogens with one attached hydrogen (secondary N) is 1. The van der Waals surface area contributed by atoms with Crippen LogP contribution in [0.25, 0.3) is 0 Å². The molecule has 1 rings (SSSR count). The lowest BCUT2D eigenvalue weighted by atomic mass is 10.2. The number of nitrogens with zero attached hydrogens (tertiary/aromatic N) is 1. The van der Waals surface area contributed by atoms with E-state index in [1.165, 1.54) is 6.07 Å². The van der Waals surface area contributed by atoms with E-state index < -0.39 is 24.5 Å². The van der Waals surface area contributed by atoms with Crippen molar-refractivity contribution in [3.8, 4) is 0 Å². The number of nitrogens with two attached hydrogens (primary N) is 1. The minimum absolute atomic E-state index is 0.0983. The molecule has 0 aliphatic rings. The third kappa shape index (κ3) is 4.99. The molecule has 8 heteroatoms. The Bertz CT molecular complexity index is 585. The SMILES string of the molecule is CCCCOC(=O)N(CC(N)=O)C(=O)c1ccc[nH]c1=S. The lowest BCUT2D eigenvalue weighted by Crippen LogP contribution is -2.43. The van der Waals surface area contributed by atoms with Crippen molar-refractivity contribution < 1.29 is 19.1 Å². The molecule has 0 bridgehead atoms. The number of ether oxygens (including phenoxy) is 1. The van der Waals surface area contributed by atoms with Crippen LogP contribution < -0.4 is 5.73 Å². The molecule has 114 valence electrons. The second-order valence-corrected chi connectivity index (χ2v) is 4.65. The number of carbonyl (C=O) groups is 3. The summed E-state index contributed by atoms with van der Waals surface area (Å²) in [5.74, 6) is -1.54. The lowest BCUT2D eigenvalue weighted by molar-refractivity contribution is -0.118. The predicted molar refractivity (Wildman–Crippen MR) is 78.1 cm³/mol. The summed E-state index contributed by atoms with van der Waals surface area (Å²) >= 11 is 4.98. The third-order valence-electron chi connectivity index (χ3n) is 2.55. The van der Waals surface area contributed by atoms with Crippen LogP contribution >= 0.6 is 12.2 Å². The lowest BCUT2D eigenvalue weighted by Gasteiger charge is -2.18. The monoisotopic (exact) mass is 311 g/mol. The Morgan fingerprint density at radius 1 is 1.43 bits per heavy atom. The van der Waals surface area contributed by atoms with Gasteiger partial charge in [-0.25, -0.2) is 9.69 Å². The molecule has 0 aliphatic heterocycles. The van der Waals surface area contributed by atoms with E-state index in [-0.39, 0.29) is 16.8 Å². The van der Waals surface area contributed by atoms with Gasteiger partial charge < -0.3 is 15.5 Å². The van der Waals surface area contributed by atoms with E-state index in [9.17, 15) is 14.4 Å². The van der Waals surface area contributed by atoms with Gasteiger partial charge in [0, 0.05) is 6.20 Å². The number of primary amides is 1. The van der Waals surface area contributed by atoms with Crippen molar-refractivity contribution in [1.82, 2.24) is 9.88 Å². The normalized spacial score (nSPS) is 9.95. The molecular weight excluding hydrogens is 294 g/mol. The van der Waals surface area contributed by atoms with Gasteiger partial charge in [-0.3, -0.25) is 9.59 Å². The summed E-state index contributed by atoms with van der Waals surface area (Å²) < 4.78 is 5.11. The highest BCUT2D eigenvalue weighted by molar-refractivity contribution is 7.71. The molecule has 0 saturated carbocycles. The first-order valence-corrected chi connectivity index (χ1v) is 6.82. The van der Waals surface area contributed by atoms with Crippen molar-refractivity contribution in [1.29, 1.82) is 0 Å². The molecule has 0 spiro atoms. The number of aromatic nitrogens is 1. The van der Waals surface area contributed by atoms with Crippen LogP contribution in [0.2, 0.25) is 0 Å². The molecule has 0 fully saturated rings. The van der Waals surface area contributed by atoms with Crippen molar-refractivity contribution in [3.05, 3.63) is 28.5 Å². The predicted octanol–water partition coefficient (Wildman–Crippen LogP) is 1.61. The minimum Gasteiger partial charge on any atom is -0.449 e. The highest BCUT2D eigenvalue weighted by Gasteiger charge is 2.26. The zero-order valence-corrected chi connectivity index (χ0v) is 12.4. The fourth-order valence-corrected chi connectivity index (χ4v) is 1.72. The molecule has 1 aromatic heterocycles. The topological polar surface area (TPSA) is 105 Å². The van der Waals surface area contributed by atoms with Gasteiger partial charge >= 0.3 is 6.09 Å². The van der Waals surface area contributed by atoms with Gasteiger partial charge in [0.25, 0.3) is 5.91 Å². The molecule has 0 saturated heterocycles. The molecule has 0 atom stereocenters. The van der Waals surface area contributed by atoms with Crippen molar-refractivity contribution >= 4 is 30.1 Å². The minimum atomic E-state index is -0.912. The molecule has 1 heterocycles. The smallest absolute Gasteiger partial charge is 0.417 e. The van der Waals surface area contributed by atoms with Crippen molar-refractivity contribution in [2.24, 2.45) is 5.73 Å². The number of hydrogen-bond acceptors (Lipinski definition) is 5. The maximum absolute atomic E-state index is 12.3. The van der Waals surface area contributed by atoms with E-state index in [0.717, 1.165) is 6.42 Å². The highest BCUT2D eigenvalue weighted by Crippen LogP contribution is 2.07. The number of hydrogen-bond donors (Lipinski definition) is 2. The van der Waals surface area contributed by atoms with Crippen LogP contribution in [-0.2, 0) is 9.53 Å². The molecule has 0 aliphatic carbocycles. The number of unbranched alkanes of at least 4 members (excludes halogenated alkanes) is 1. The Balaban J connectivity index is 2.94. The van der Waals surface area contributed by atoms with Crippen LogP contribution in [0.3, 0.4) is 0 Å². The zero-order chi connectivity index (χ0) is 15.8. The Labute approximate surface area is 127 Å². The van der Waals surface area contributed by atoms with Crippen molar-refractivity contribution in [2.45, 2.75) is 19.8 Å². The van der Waals surface area contributed by atoms with Gasteiger partial charge in [0.05, 0.1) is 12.2 Å². The Morgan fingerprint density at radius 2 is 2.14 bits per heavy atom. The standard InChI is InChI=1S/C13H17N3O4S/c1-2-3-7-20-13(19)16(8-10(14)17)12(18)9-5-4-6-15-11(9)21/h4-6H,2-3,7-8H2,1H3,(H2,14,17)(H,15,21). The Morgan fingerprint density at radius 3 is 2.71 bits per heavy atom. The van der Waals surface area contributed by atoms with E-state index in [1.807, 2.05) is 6.92 Å². The van der Waals surface area contributed by atoms with Gasteiger partial charge in [-0.05, 0) is 18.6 Å². The number of rotatable bonds is 6. The maximum atomic E-state index is 12.3. The molecule has 3 N–H and O–H groups in total. The number of amides is 3. The molecule has 0 aromatic carbocycles. The second-order valence-electron chi connectivity index (χ2n) is 4.24. The number of pyridine rings is 1. The summed E-state index contributed by atoms with van der Waals surface area (Å²) in [7, 11) is 0. The Kier molecular flexibility index (Phi) is 6.54. The van der Waals surface area contributed by atoms with Crippen LogP contribution in [-0.4, -0.2) is 40.9 Å². The third-order valence-corrected chi connectivity index (χ3v) is 2.89. The molecule has 3 amide bonds. The summed E-state index contributed by atoms with van der Waals surface area (Å²) in [4.78, 5) is 38.6. The second kappa shape index (κ2) is 8.15. The molecule has 0 unspecified atom stereocenters. The first-order valence-electron chi connectivity index (χ1n) is 6.42. The van der Waals surface area contributed by atoms with E-state index in [4.69, 9.17) is 22.7 Å². The van der Waals surface area contributed by atoms with Gasteiger partial charge in [-0.2, -0.15) is 0 Å². The van der Waals surface area contributed by atoms with Crippen LogP contribution in [0.1, 0.15) is 30.1 Å². The van der Waals surface area contributed by atoms with Crippen LogP contribution in [0, 0.1) is 4.64 Å². The molecular formula is C13H17N3O4S. The zero-order valence-electron chi connectivity index (χ0n) is 11.6. The largest absolute Gasteiger partial charge is 0.449 e. The first kappa shape index (κ1) is 16.8. The number of aromatic amines is 1. The van der Waals surface area contributed by atoms with Gasteiger partial charge in [0.1, 0.15) is 11.2 Å². The van der Waals surface area contributed by atoms with E-state index in [1.54, 1.807) is 12.3 Å². The highest BCUT2D eigenvalue weighted by atomic mass is 32.1. The van der Waals surface area contributed by atoms with Crippen LogP contribution in [0.4, 0.5) is 4.79 Å². The summed E-state index contributed by atoms with van der Waals surface area (Å²) in [6.45, 7) is 1.54. The quantitative estimate of drug-likeness (QED) is 0.613. The van der Waals surface area contributed by atoms with E-state index >= 15 is 0 Å². The van der Waals surface area contributed by atoms with Gasteiger partial charge in [0.2, 0.25) is 5.91 Å². The summed E-state index contributed by atoms with van der Waals surface area (Å²) in [6, 6.07) is 3.02. The molecule has 0 radical (unpaired) electrons. The number of imide groups is 1. The fraction of sp³-hybridized carbons (Fsp3) is 0.385. The first-order chi connectivity index (χ1) is 9.97. The summed E-state index contributed by atoms with van der Waals surface area (Å²) in [6.07, 6.45) is 2.14. The van der Waals surface area contributed by atoms with Gasteiger partial charge in [-0.15, -0.1) is 0 Å². The van der Waals surface area contributed by atoms with E-state index in [0.29, 0.717) is 11.3 Å². The van der Waals surface area contributed by atoms with Gasteiger partial charge in [-0.1, -0.05) is 25.6 Å². The van der Waals surface area contributed by atoms with Crippen molar-refractivity contribution in [2.75, 3.05) is 13.2 Å². The summed E-state index contributed by atoms with van der Waals surface area (Å²) in [5, 5.41) is 0. The number of carbonyl (C=O) groups excluding carboxylic acids is 3. The average Bonchev–Trinajstić information content (AvgIpc) is 2.44. The average molecular weight is 311 g/mol. The van der Waals surface area contributed by atoms with Crippen LogP contribution in [0.5, 0.6) is 0 Å². The van der Waals surface area contributed by atoms with E-state index in [2.05, 4.69) is 4.98 Å². The maximum Gasteiger partial charge on any atom is 0.417 e.